The molecule has 0 aliphatic rings. The number of hydrogen-bond donors (Lipinski definition) is 3. The molecule has 5 nitrogen and oxygen atoms in total. The molecule has 0 heterocycles. The maximum Gasteiger partial charge on any atom is 0.320 e. The van der Waals surface area contributed by atoms with Crippen LogP contribution in [-0.4, -0.2) is 28.2 Å². The second kappa shape index (κ2) is 7.23. The van der Waals surface area contributed by atoms with E-state index in [1.807, 2.05) is 6.92 Å². The third-order valence-electron chi connectivity index (χ3n) is 2.33. The van der Waals surface area contributed by atoms with Crippen molar-refractivity contribution in [1.82, 2.24) is 0 Å². The van der Waals surface area contributed by atoms with E-state index in [0.29, 0.717) is 0 Å². The number of carboxylic acids is 2. The fraction of sp³-hybridized carbons (Fsp3) is 0.800. The highest BCUT2D eigenvalue weighted by Gasteiger charge is 2.20. The first kappa shape index (κ1) is 13.9. The van der Waals surface area contributed by atoms with Gasteiger partial charge in [-0.3, -0.25) is 9.59 Å². The van der Waals surface area contributed by atoms with Crippen LogP contribution < -0.4 is 5.73 Å². The number of carbonyl (C=O) groups is 2. The van der Waals surface area contributed by atoms with Gasteiger partial charge in [0.15, 0.2) is 0 Å². The van der Waals surface area contributed by atoms with Gasteiger partial charge in [-0.05, 0) is 18.8 Å². The van der Waals surface area contributed by atoms with Crippen LogP contribution in [0.5, 0.6) is 0 Å². The van der Waals surface area contributed by atoms with E-state index in [1.165, 1.54) is 0 Å². The summed E-state index contributed by atoms with van der Waals surface area (Å²) in [5, 5.41) is 17.3. The van der Waals surface area contributed by atoms with Crippen molar-refractivity contribution in [3.63, 3.8) is 0 Å². The molecule has 5 heteroatoms. The van der Waals surface area contributed by atoms with Crippen LogP contribution in [0.1, 0.15) is 39.0 Å². The maximum absolute atomic E-state index is 10.5. The van der Waals surface area contributed by atoms with Gasteiger partial charge in [0.05, 0.1) is 0 Å². The van der Waals surface area contributed by atoms with Crippen LogP contribution in [0.2, 0.25) is 0 Å². The topological polar surface area (TPSA) is 101 Å². The predicted molar refractivity (Wildman–Crippen MR) is 55.5 cm³/mol. The van der Waals surface area contributed by atoms with Crippen LogP contribution in [0.4, 0.5) is 0 Å². The average molecular weight is 217 g/mol. The summed E-state index contributed by atoms with van der Waals surface area (Å²) in [4.78, 5) is 21.1. The Morgan fingerprint density at radius 2 is 1.93 bits per heavy atom. The minimum Gasteiger partial charge on any atom is -0.481 e. The lowest BCUT2D eigenvalue weighted by Crippen LogP contribution is -2.32. The molecule has 0 bridgehead atoms. The molecule has 15 heavy (non-hydrogen) atoms. The van der Waals surface area contributed by atoms with E-state index in [-0.39, 0.29) is 18.8 Å². The minimum absolute atomic E-state index is 0.000972. The van der Waals surface area contributed by atoms with E-state index in [1.54, 1.807) is 0 Å². The molecule has 0 aliphatic carbocycles. The van der Waals surface area contributed by atoms with Gasteiger partial charge in [0.2, 0.25) is 0 Å². The maximum atomic E-state index is 10.5. The van der Waals surface area contributed by atoms with Gasteiger partial charge >= 0.3 is 11.9 Å². The molecule has 0 radical (unpaired) electrons. The van der Waals surface area contributed by atoms with Crippen molar-refractivity contribution < 1.29 is 19.8 Å². The number of rotatable bonds is 8. The van der Waals surface area contributed by atoms with Crippen LogP contribution in [0, 0.1) is 5.92 Å². The summed E-state index contributed by atoms with van der Waals surface area (Å²) >= 11 is 0. The zero-order chi connectivity index (χ0) is 11.8. The molecule has 2 atom stereocenters. The quantitative estimate of drug-likeness (QED) is 0.564. The molecule has 0 fully saturated rings. The van der Waals surface area contributed by atoms with Crippen molar-refractivity contribution >= 4 is 11.9 Å². The molecule has 0 unspecified atom stereocenters. The highest BCUT2D eigenvalue weighted by Crippen LogP contribution is 2.18. The summed E-state index contributed by atoms with van der Waals surface area (Å²) in [6.45, 7) is 2.01. The lowest BCUT2D eigenvalue weighted by molar-refractivity contribution is -0.141. The largest absolute Gasteiger partial charge is 0.481 e. The van der Waals surface area contributed by atoms with Gasteiger partial charge in [0, 0.05) is 6.42 Å². The molecular weight excluding hydrogens is 198 g/mol. The zero-order valence-corrected chi connectivity index (χ0v) is 8.98. The highest BCUT2D eigenvalue weighted by atomic mass is 16.4. The molecule has 0 aromatic carbocycles. The first-order valence-electron chi connectivity index (χ1n) is 5.17. The SMILES string of the molecule is CCCC[C@H](CC(=O)O)C[C@H](N)C(=O)O. The summed E-state index contributed by atoms with van der Waals surface area (Å²) in [6.07, 6.45) is 2.84. The first-order chi connectivity index (χ1) is 6.97. The standard InChI is InChI=1S/C10H19NO4/c1-2-3-4-7(6-9(12)13)5-8(11)10(14)15/h7-8H,2-6,11H2,1H3,(H,12,13)(H,14,15)/t7-,8-/m0/s1. The predicted octanol–water partition coefficient (Wildman–Crippen LogP) is 1.07. The third-order valence-corrected chi connectivity index (χ3v) is 2.33. The molecule has 0 rings (SSSR count). The fourth-order valence-corrected chi connectivity index (χ4v) is 1.50. The molecule has 0 spiro atoms. The zero-order valence-electron chi connectivity index (χ0n) is 8.98. The third kappa shape index (κ3) is 6.90. The molecule has 0 amide bonds. The number of nitrogens with two attached hydrogens (primary N) is 1. The van der Waals surface area contributed by atoms with E-state index in [4.69, 9.17) is 15.9 Å². The van der Waals surface area contributed by atoms with E-state index >= 15 is 0 Å². The Kier molecular flexibility index (Phi) is 6.70. The molecule has 88 valence electrons. The van der Waals surface area contributed by atoms with Crippen LogP contribution in [0.25, 0.3) is 0 Å². The Morgan fingerprint density at radius 3 is 2.33 bits per heavy atom. The van der Waals surface area contributed by atoms with Crippen LogP contribution >= 0.6 is 0 Å². The van der Waals surface area contributed by atoms with Gasteiger partial charge in [-0.25, -0.2) is 0 Å². The smallest absolute Gasteiger partial charge is 0.320 e. The molecule has 0 aromatic rings. The number of carboxylic acid groups (broad SMARTS) is 2. The van der Waals surface area contributed by atoms with Gasteiger partial charge in [-0.15, -0.1) is 0 Å². The second-order valence-electron chi connectivity index (χ2n) is 3.79. The molecule has 0 saturated heterocycles. The van der Waals surface area contributed by atoms with Crippen LogP contribution in [0.15, 0.2) is 0 Å². The van der Waals surface area contributed by atoms with Crippen molar-refractivity contribution in [2.75, 3.05) is 0 Å². The second-order valence-corrected chi connectivity index (χ2v) is 3.79. The molecule has 0 aromatic heterocycles. The van der Waals surface area contributed by atoms with Gasteiger partial charge < -0.3 is 15.9 Å². The van der Waals surface area contributed by atoms with Crippen molar-refractivity contribution in [2.24, 2.45) is 11.7 Å². The van der Waals surface area contributed by atoms with Crippen LogP contribution in [0.3, 0.4) is 0 Å². The molecule has 0 saturated carbocycles. The monoisotopic (exact) mass is 217 g/mol. The van der Waals surface area contributed by atoms with E-state index < -0.39 is 18.0 Å². The highest BCUT2D eigenvalue weighted by molar-refractivity contribution is 5.73. The van der Waals surface area contributed by atoms with Gasteiger partial charge in [-0.2, -0.15) is 0 Å². The molecular formula is C10H19NO4. The van der Waals surface area contributed by atoms with Crippen molar-refractivity contribution in [3.8, 4) is 0 Å². The molecule has 0 aliphatic heterocycles. The van der Waals surface area contributed by atoms with E-state index in [0.717, 1.165) is 19.3 Å². The van der Waals surface area contributed by atoms with Gasteiger partial charge in [0.1, 0.15) is 6.04 Å². The number of unbranched alkanes of at least 4 members (excludes halogenated alkanes) is 1. The van der Waals surface area contributed by atoms with E-state index in [9.17, 15) is 9.59 Å². The van der Waals surface area contributed by atoms with Crippen molar-refractivity contribution in [3.05, 3.63) is 0 Å². The number of hydrogen-bond acceptors (Lipinski definition) is 3. The van der Waals surface area contributed by atoms with Crippen LogP contribution in [-0.2, 0) is 9.59 Å². The summed E-state index contributed by atoms with van der Waals surface area (Å²) in [7, 11) is 0. The Labute approximate surface area is 89.3 Å². The minimum atomic E-state index is -1.07. The van der Waals surface area contributed by atoms with Gasteiger partial charge in [-0.1, -0.05) is 19.8 Å². The Balaban J connectivity index is 4.10. The summed E-state index contributed by atoms with van der Waals surface area (Å²) < 4.78 is 0. The summed E-state index contributed by atoms with van der Waals surface area (Å²) in [6, 6.07) is -0.953. The van der Waals surface area contributed by atoms with Gasteiger partial charge in [0.25, 0.3) is 0 Å². The fourth-order valence-electron chi connectivity index (χ4n) is 1.50. The normalized spacial score (nSPS) is 14.5. The lowest BCUT2D eigenvalue weighted by Gasteiger charge is -2.16. The summed E-state index contributed by atoms with van der Waals surface area (Å²) in [5.74, 6) is -2.09. The van der Waals surface area contributed by atoms with Crippen molar-refractivity contribution in [2.45, 2.75) is 45.1 Å². The summed E-state index contributed by atoms with van der Waals surface area (Å²) in [5.41, 5.74) is 5.37. The number of aliphatic carboxylic acids is 2. The lowest BCUT2D eigenvalue weighted by atomic mass is 9.92. The Hall–Kier alpha value is -1.10. The van der Waals surface area contributed by atoms with E-state index in [2.05, 4.69) is 0 Å². The van der Waals surface area contributed by atoms with Crippen molar-refractivity contribution in [1.29, 1.82) is 0 Å². The molecule has 4 N–H and O–H groups in total. The average Bonchev–Trinajstić information content (AvgIpc) is 2.13. The Morgan fingerprint density at radius 1 is 1.33 bits per heavy atom. The Bertz CT molecular complexity index is 217. The first-order valence-corrected chi connectivity index (χ1v) is 5.17.